The van der Waals surface area contributed by atoms with Gasteiger partial charge >= 0.3 is 0 Å². The third-order valence-electron chi connectivity index (χ3n) is 3.45. The maximum Gasteiger partial charge on any atom is 0.139 e. The molecular formula is C14H15ClO. The van der Waals surface area contributed by atoms with E-state index in [1.54, 1.807) is 0 Å². The lowest BCUT2D eigenvalue weighted by Gasteiger charge is -2.40. The second kappa shape index (κ2) is 4.06. The van der Waals surface area contributed by atoms with Gasteiger partial charge in [-0.2, -0.15) is 0 Å². The third kappa shape index (κ3) is 1.92. The molecule has 84 valence electrons. The van der Waals surface area contributed by atoms with Crippen LogP contribution in [0.3, 0.4) is 0 Å². The fraction of sp³-hybridized carbons (Fsp3) is 0.357. The molecule has 1 aliphatic rings. The summed E-state index contributed by atoms with van der Waals surface area (Å²) in [6.07, 6.45) is 2.63. The second-order valence-electron chi connectivity index (χ2n) is 4.84. The summed E-state index contributed by atoms with van der Waals surface area (Å²) < 4.78 is 0. The lowest BCUT2D eigenvalue weighted by atomic mass is 9.61. The molecule has 0 radical (unpaired) electrons. The van der Waals surface area contributed by atoms with Crippen LogP contribution in [0.5, 0.6) is 0 Å². The number of allylic oxidation sites excluding steroid dienone is 1. The molecule has 1 unspecified atom stereocenters. The van der Waals surface area contributed by atoms with Crippen molar-refractivity contribution in [3.63, 3.8) is 0 Å². The molecule has 1 nitrogen and oxygen atoms in total. The molecule has 0 N–H and O–H groups in total. The van der Waals surface area contributed by atoms with Crippen molar-refractivity contribution in [2.24, 2.45) is 11.3 Å². The van der Waals surface area contributed by atoms with Gasteiger partial charge in [0.25, 0.3) is 0 Å². The summed E-state index contributed by atoms with van der Waals surface area (Å²) in [5, 5.41) is 0.742. The summed E-state index contributed by atoms with van der Waals surface area (Å²) in [5.74, 6) is 0.596. The van der Waals surface area contributed by atoms with Gasteiger partial charge in [0.1, 0.15) is 5.78 Å². The van der Waals surface area contributed by atoms with Crippen LogP contribution in [0.15, 0.2) is 36.4 Å². The topological polar surface area (TPSA) is 17.1 Å². The molecule has 0 saturated heterocycles. The van der Waals surface area contributed by atoms with Gasteiger partial charge < -0.3 is 0 Å². The maximum atomic E-state index is 11.4. The maximum absolute atomic E-state index is 11.4. The molecule has 16 heavy (non-hydrogen) atoms. The Kier molecular flexibility index (Phi) is 2.90. The van der Waals surface area contributed by atoms with Gasteiger partial charge in [0.15, 0.2) is 0 Å². The van der Waals surface area contributed by atoms with Crippen LogP contribution in [0.2, 0.25) is 0 Å². The smallest absolute Gasteiger partial charge is 0.139 e. The van der Waals surface area contributed by atoms with Crippen molar-refractivity contribution in [2.45, 2.75) is 20.3 Å². The number of carbonyl (C=O) groups is 1. The Bertz CT molecular complexity index is 431. The van der Waals surface area contributed by atoms with Crippen LogP contribution in [-0.4, -0.2) is 5.78 Å². The van der Waals surface area contributed by atoms with E-state index < -0.39 is 0 Å². The number of hydrogen-bond acceptors (Lipinski definition) is 1. The van der Waals surface area contributed by atoms with Gasteiger partial charge in [0.2, 0.25) is 0 Å². The lowest BCUT2D eigenvalue weighted by molar-refractivity contribution is -0.139. The van der Waals surface area contributed by atoms with Gasteiger partial charge in [-0.1, -0.05) is 61.9 Å². The largest absolute Gasteiger partial charge is 0.299 e. The van der Waals surface area contributed by atoms with E-state index in [-0.39, 0.29) is 11.3 Å². The highest BCUT2D eigenvalue weighted by Crippen LogP contribution is 2.44. The van der Waals surface area contributed by atoms with Crippen molar-refractivity contribution < 1.29 is 4.79 Å². The predicted octanol–water partition coefficient (Wildman–Crippen LogP) is 3.88. The van der Waals surface area contributed by atoms with Crippen LogP contribution in [0, 0.1) is 11.3 Å². The first-order valence-electron chi connectivity index (χ1n) is 5.48. The quantitative estimate of drug-likeness (QED) is 0.759. The van der Waals surface area contributed by atoms with E-state index in [0.717, 1.165) is 10.6 Å². The minimum atomic E-state index is -0.241. The van der Waals surface area contributed by atoms with Crippen molar-refractivity contribution in [1.29, 1.82) is 0 Å². The van der Waals surface area contributed by atoms with Crippen molar-refractivity contribution in [1.82, 2.24) is 0 Å². The van der Waals surface area contributed by atoms with Gasteiger partial charge in [-0.3, -0.25) is 4.79 Å². The first-order valence-corrected chi connectivity index (χ1v) is 5.85. The zero-order valence-electron chi connectivity index (χ0n) is 9.53. The van der Waals surface area contributed by atoms with Crippen molar-refractivity contribution in [3.8, 4) is 0 Å². The summed E-state index contributed by atoms with van der Waals surface area (Å²) in [6, 6.07) is 9.84. The number of rotatable bonds is 2. The molecule has 1 aromatic carbocycles. The van der Waals surface area contributed by atoms with Crippen molar-refractivity contribution >= 4 is 22.4 Å². The Morgan fingerprint density at radius 3 is 2.50 bits per heavy atom. The first kappa shape index (κ1) is 11.4. The molecule has 1 aliphatic carbocycles. The molecule has 1 fully saturated rings. The highest BCUT2D eigenvalue weighted by Gasteiger charge is 2.45. The molecular weight excluding hydrogens is 220 g/mol. The van der Waals surface area contributed by atoms with E-state index in [2.05, 4.69) is 0 Å². The standard InChI is InChI=1S/C14H15ClO/c1-14(2)11(9-13(14)16)8-12(15)10-6-4-3-5-7-10/h3-8,11H,9H2,1-2H3. The number of halogens is 1. The molecule has 1 aromatic rings. The van der Waals surface area contributed by atoms with Crippen molar-refractivity contribution in [2.75, 3.05) is 0 Å². The zero-order chi connectivity index (χ0) is 11.8. The number of benzene rings is 1. The Morgan fingerprint density at radius 2 is 2.00 bits per heavy atom. The predicted molar refractivity (Wildman–Crippen MR) is 67.2 cm³/mol. The van der Waals surface area contributed by atoms with Gasteiger partial charge in [-0.05, 0) is 11.5 Å². The van der Waals surface area contributed by atoms with E-state index in [4.69, 9.17) is 11.6 Å². The minimum Gasteiger partial charge on any atom is -0.299 e. The summed E-state index contributed by atoms with van der Waals surface area (Å²) in [4.78, 5) is 11.4. The normalized spacial score (nSPS) is 24.1. The summed E-state index contributed by atoms with van der Waals surface area (Å²) in [5.41, 5.74) is 0.772. The molecule has 0 aliphatic heterocycles. The molecule has 1 atom stereocenters. The number of carbonyl (C=O) groups excluding carboxylic acids is 1. The SMILES string of the molecule is CC1(C)C(=O)CC1C=C(Cl)c1ccccc1. The molecule has 0 aromatic heterocycles. The summed E-state index contributed by atoms with van der Waals surface area (Å²) in [6.45, 7) is 3.96. The number of ketones is 1. The Balaban J connectivity index is 2.18. The molecule has 2 rings (SSSR count). The van der Waals surface area contributed by atoms with Crippen LogP contribution in [0.1, 0.15) is 25.8 Å². The van der Waals surface area contributed by atoms with Crippen LogP contribution >= 0.6 is 11.6 Å². The molecule has 1 saturated carbocycles. The second-order valence-corrected chi connectivity index (χ2v) is 5.24. The first-order chi connectivity index (χ1) is 7.51. The molecule has 0 bridgehead atoms. The molecule has 2 heteroatoms. The van der Waals surface area contributed by atoms with E-state index in [1.807, 2.05) is 50.3 Å². The highest BCUT2D eigenvalue weighted by molar-refractivity contribution is 6.48. The van der Waals surface area contributed by atoms with Gasteiger partial charge in [-0.15, -0.1) is 0 Å². The monoisotopic (exact) mass is 234 g/mol. The van der Waals surface area contributed by atoms with Crippen LogP contribution < -0.4 is 0 Å². The average molecular weight is 235 g/mol. The van der Waals surface area contributed by atoms with Crippen LogP contribution in [0.25, 0.3) is 5.03 Å². The van der Waals surface area contributed by atoms with Crippen LogP contribution in [-0.2, 0) is 4.79 Å². The Morgan fingerprint density at radius 1 is 1.38 bits per heavy atom. The zero-order valence-corrected chi connectivity index (χ0v) is 10.3. The Hall–Kier alpha value is -1.08. The number of Topliss-reactive ketones (excluding diaryl/α,β-unsaturated/α-hetero) is 1. The number of hydrogen-bond donors (Lipinski definition) is 0. The Labute approximate surface area is 101 Å². The van der Waals surface area contributed by atoms with Gasteiger partial charge in [0.05, 0.1) is 0 Å². The van der Waals surface area contributed by atoms with E-state index in [9.17, 15) is 4.79 Å². The third-order valence-corrected chi connectivity index (χ3v) is 3.79. The van der Waals surface area contributed by atoms with Crippen LogP contribution in [0.4, 0.5) is 0 Å². The molecule has 0 heterocycles. The molecule has 0 amide bonds. The highest BCUT2D eigenvalue weighted by atomic mass is 35.5. The van der Waals surface area contributed by atoms with Crippen molar-refractivity contribution in [3.05, 3.63) is 42.0 Å². The van der Waals surface area contributed by atoms with E-state index >= 15 is 0 Å². The van der Waals surface area contributed by atoms with E-state index in [0.29, 0.717) is 12.2 Å². The summed E-state index contributed by atoms with van der Waals surface area (Å²) >= 11 is 6.24. The molecule has 0 spiro atoms. The average Bonchev–Trinajstić information content (AvgIpc) is 2.29. The lowest BCUT2D eigenvalue weighted by Crippen LogP contribution is -2.44. The fourth-order valence-corrected chi connectivity index (χ4v) is 2.21. The van der Waals surface area contributed by atoms with Gasteiger partial charge in [0, 0.05) is 16.9 Å². The summed E-state index contributed by atoms with van der Waals surface area (Å²) in [7, 11) is 0. The fourth-order valence-electron chi connectivity index (χ4n) is 1.93. The minimum absolute atomic E-state index is 0.241. The van der Waals surface area contributed by atoms with Gasteiger partial charge in [-0.25, -0.2) is 0 Å². The van der Waals surface area contributed by atoms with E-state index in [1.165, 1.54) is 0 Å².